The van der Waals surface area contributed by atoms with Crippen molar-refractivity contribution in [3.8, 4) is 0 Å². The van der Waals surface area contributed by atoms with Crippen molar-refractivity contribution in [1.29, 1.82) is 0 Å². The molecule has 0 spiro atoms. The third-order valence-electron chi connectivity index (χ3n) is 2.95. The molecule has 0 atom stereocenters. The standard InChI is InChI=1S/C16H20N2O2/c1-12(2)6-5-11-17-15(19)9-10-16-18-13-7-3-4-8-14(13)20-16/h3-4,7-10,12H,5-6,11H2,1-2H3,(H,17,19)/b10-9+. The van der Waals surface area contributed by atoms with Crippen LogP contribution in [-0.4, -0.2) is 17.4 Å². The highest BCUT2D eigenvalue weighted by Crippen LogP contribution is 2.15. The summed E-state index contributed by atoms with van der Waals surface area (Å²) in [6.45, 7) is 5.05. The van der Waals surface area contributed by atoms with Crippen LogP contribution in [0.3, 0.4) is 0 Å². The normalized spacial score (nSPS) is 11.6. The average Bonchev–Trinajstić information content (AvgIpc) is 2.84. The fourth-order valence-electron chi connectivity index (χ4n) is 1.89. The van der Waals surface area contributed by atoms with Gasteiger partial charge in [0.1, 0.15) is 5.52 Å². The summed E-state index contributed by atoms with van der Waals surface area (Å²) >= 11 is 0. The fourth-order valence-corrected chi connectivity index (χ4v) is 1.89. The predicted molar refractivity (Wildman–Crippen MR) is 80.1 cm³/mol. The van der Waals surface area contributed by atoms with Crippen molar-refractivity contribution in [2.45, 2.75) is 26.7 Å². The maximum absolute atomic E-state index is 11.6. The van der Waals surface area contributed by atoms with Crippen LogP contribution in [0.25, 0.3) is 17.2 Å². The Labute approximate surface area is 118 Å². The van der Waals surface area contributed by atoms with Gasteiger partial charge in [0.25, 0.3) is 0 Å². The third kappa shape index (κ3) is 4.23. The molecule has 1 N–H and O–H groups in total. The van der Waals surface area contributed by atoms with Gasteiger partial charge in [-0.25, -0.2) is 4.98 Å². The summed E-state index contributed by atoms with van der Waals surface area (Å²) in [4.78, 5) is 15.9. The minimum absolute atomic E-state index is 0.115. The maximum atomic E-state index is 11.6. The highest BCUT2D eigenvalue weighted by molar-refractivity contribution is 5.91. The molecule has 0 aliphatic rings. The first-order chi connectivity index (χ1) is 9.65. The van der Waals surface area contributed by atoms with Crippen LogP contribution in [0.2, 0.25) is 0 Å². The number of fused-ring (bicyclic) bond motifs is 1. The molecule has 0 unspecified atom stereocenters. The molecular weight excluding hydrogens is 252 g/mol. The van der Waals surface area contributed by atoms with E-state index in [2.05, 4.69) is 24.1 Å². The molecule has 1 aromatic heterocycles. The Hall–Kier alpha value is -2.10. The largest absolute Gasteiger partial charge is 0.437 e. The van der Waals surface area contributed by atoms with Crippen molar-refractivity contribution in [2.75, 3.05) is 6.54 Å². The molecule has 4 heteroatoms. The summed E-state index contributed by atoms with van der Waals surface area (Å²) in [5.74, 6) is 1.00. The van der Waals surface area contributed by atoms with Gasteiger partial charge in [-0.3, -0.25) is 4.79 Å². The number of carbonyl (C=O) groups is 1. The Morgan fingerprint density at radius 2 is 2.20 bits per heavy atom. The first-order valence-corrected chi connectivity index (χ1v) is 6.96. The molecule has 0 radical (unpaired) electrons. The number of nitrogens with one attached hydrogen (secondary N) is 1. The second-order valence-corrected chi connectivity index (χ2v) is 5.18. The van der Waals surface area contributed by atoms with Crippen LogP contribution in [0, 0.1) is 5.92 Å². The number of nitrogens with zero attached hydrogens (tertiary/aromatic N) is 1. The van der Waals surface area contributed by atoms with E-state index in [0.29, 0.717) is 18.4 Å². The lowest BCUT2D eigenvalue weighted by Gasteiger charge is -2.04. The Kier molecular flexibility index (Phi) is 4.93. The lowest BCUT2D eigenvalue weighted by atomic mass is 10.1. The number of carbonyl (C=O) groups excluding carboxylic acids is 1. The minimum atomic E-state index is -0.115. The third-order valence-corrected chi connectivity index (χ3v) is 2.95. The average molecular weight is 272 g/mol. The molecule has 1 heterocycles. The van der Waals surface area contributed by atoms with Crippen LogP contribution in [0.1, 0.15) is 32.6 Å². The number of oxazole rings is 1. The monoisotopic (exact) mass is 272 g/mol. The summed E-state index contributed by atoms with van der Waals surface area (Å²) in [5, 5.41) is 2.85. The fraction of sp³-hybridized carbons (Fsp3) is 0.375. The maximum Gasteiger partial charge on any atom is 0.244 e. The van der Waals surface area contributed by atoms with Gasteiger partial charge in [0.2, 0.25) is 11.8 Å². The first-order valence-electron chi connectivity index (χ1n) is 6.96. The molecule has 0 saturated heterocycles. The van der Waals surface area contributed by atoms with Crippen LogP contribution in [-0.2, 0) is 4.79 Å². The Morgan fingerprint density at radius 1 is 1.40 bits per heavy atom. The molecule has 1 amide bonds. The van der Waals surface area contributed by atoms with E-state index in [9.17, 15) is 4.79 Å². The lowest BCUT2D eigenvalue weighted by Crippen LogP contribution is -2.22. The topological polar surface area (TPSA) is 55.1 Å². The van der Waals surface area contributed by atoms with Gasteiger partial charge in [-0.1, -0.05) is 26.0 Å². The van der Waals surface area contributed by atoms with E-state index >= 15 is 0 Å². The van der Waals surface area contributed by atoms with Crippen molar-refractivity contribution in [1.82, 2.24) is 10.3 Å². The zero-order valence-electron chi connectivity index (χ0n) is 11.9. The summed E-state index contributed by atoms with van der Waals surface area (Å²) < 4.78 is 5.50. The zero-order valence-corrected chi connectivity index (χ0v) is 11.9. The van der Waals surface area contributed by atoms with Gasteiger partial charge in [-0.2, -0.15) is 0 Å². The van der Waals surface area contributed by atoms with Crippen molar-refractivity contribution in [2.24, 2.45) is 5.92 Å². The molecular formula is C16H20N2O2. The number of hydrogen-bond donors (Lipinski definition) is 1. The summed E-state index contributed by atoms with van der Waals surface area (Å²) in [5.41, 5.74) is 1.52. The number of rotatable bonds is 6. The number of para-hydroxylation sites is 2. The van der Waals surface area contributed by atoms with Gasteiger partial charge in [-0.15, -0.1) is 0 Å². The summed E-state index contributed by atoms with van der Waals surface area (Å²) in [7, 11) is 0. The van der Waals surface area contributed by atoms with E-state index in [1.54, 1.807) is 6.08 Å². The van der Waals surface area contributed by atoms with Gasteiger partial charge in [0.05, 0.1) is 0 Å². The molecule has 20 heavy (non-hydrogen) atoms. The van der Waals surface area contributed by atoms with Crippen molar-refractivity contribution in [3.05, 3.63) is 36.2 Å². The Balaban J connectivity index is 1.84. The molecule has 2 aromatic rings. The molecule has 1 aromatic carbocycles. The number of aromatic nitrogens is 1. The SMILES string of the molecule is CC(C)CCCNC(=O)/C=C/c1nc2ccccc2o1. The Bertz CT molecular complexity index is 566. The van der Waals surface area contributed by atoms with Crippen molar-refractivity contribution < 1.29 is 9.21 Å². The second-order valence-electron chi connectivity index (χ2n) is 5.18. The molecule has 0 saturated carbocycles. The van der Waals surface area contributed by atoms with Crippen LogP contribution >= 0.6 is 0 Å². The second kappa shape index (κ2) is 6.89. The molecule has 106 valence electrons. The van der Waals surface area contributed by atoms with E-state index < -0.39 is 0 Å². The van der Waals surface area contributed by atoms with Gasteiger partial charge in [-0.05, 0) is 30.9 Å². The number of benzene rings is 1. The zero-order chi connectivity index (χ0) is 14.4. The molecule has 0 bridgehead atoms. The van der Waals surface area contributed by atoms with Gasteiger partial charge < -0.3 is 9.73 Å². The van der Waals surface area contributed by atoms with Gasteiger partial charge >= 0.3 is 0 Å². The molecule has 4 nitrogen and oxygen atoms in total. The Morgan fingerprint density at radius 3 is 2.95 bits per heavy atom. The van der Waals surface area contributed by atoms with Gasteiger partial charge in [0.15, 0.2) is 5.58 Å². The van der Waals surface area contributed by atoms with E-state index in [0.717, 1.165) is 23.9 Å². The van der Waals surface area contributed by atoms with Gasteiger partial charge in [0, 0.05) is 18.7 Å². The smallest absolute Gasteiger partial charge is 0.244 e. The quantitative estimate of drug-likeness (QED) is 0.647. The molecule has 0 fully saturated rings. The first kappa shape index (κ1) is 14.3. The molecule has 0 aliphatic carbocycles. The van der Waals surface area contributed by atoms with Crippen molar-refractivity contribution >= 4 is 23.1 Å². The lowest BCUT2D eigenvalue weighted by molar-refractivity contribution is -0.116. The van der Waals surface area contributed by atoms with E-state index in [4.69, 9.17) is 4.42 Å². The van der Waals surface area contributed by atoms with Crippen LogP contribution in [0.15, 0.2) is 34.8 Å². The van der Waals surface area contributed by atoms with Crippen LogP contribution in [0.4, 0.5) is 0 Å². The van der Waals surface area contributed by atoms with Crippen LogP contribution < -0.4 is 5.32 Å². The summed E-state index contributed by atoms with van der Waals surface area (Å²) in [6.07, 6.45) is 5.17. The molecule has 0 aliphatic heterocycles. The van der Waals surface area contributed by atoms with Crippen molar-refractivity contribution in [3.63, 3.8) is 0 Å². The predicted octanol–water partition coefficient (Wildman–Crippen LogP) is 3.39. The number of hydrogen-bond acceptors (Lipinski definition) is 3. The van der Waals surface area contributed by atoms with E-state index in [1.807, 2.05) is 24.3 Å². The summed E-state index contributed by atoms with van der Waals surface area (Å²) in [6, 6.07) is 7.52. The minimum Gasteiger partial charge on any atom is -0.437 e. The molecule has 2 rings (SSSR count). The van der Waals surface area contributed by atoms with E-state index in [-0.39, 0.29) is 5.91 Å². The highest BCUT2D eigenvalue weighted by atomic mass is 16.3. The highest BCUT2D eigenvalue weighted by Gasteiger charge is 2.02. The van der Waals surface area contributed by atoms with Crippen LogP contribution in [0.5, 0.6) is 0 Å². The number of amides is 1. The van der Waals surface area contributed by atoms with E-state index in [1.165, 1.54) is 6.08 Å².